The van der Waals surface area contributed by atoms with E-state index < -0.39 is 18.0 Å². The van der Waals surface area contributed by atoms with Crippen LogP contribution in [0.4, 0.5) is 4.79 Å². The maximum atomic E-state index is 12.4. The number of nitrogens with one attached hydrogen (secondary N) is 2. The third kappa shape index (κ3) is 5.06. The molecule has 0 aliphatic heterocycles. The van der Waals surface area contributed by atoms with Crippen molar-refractivity contribution in [3.8, 4) is 5.75 Å². The molecule has 0 saturated heterocycles. The Bertz CT molecular complexity index is 773. The van der Waals surface area contributed by atoms with Crippen LogP contribution in [0.5, 0.6) is 5.75 Å². The molecule has 0 bridgehead atoms. The number of rotatable bonds is 5. The molecule has 1 atom stereocenters. The van der Waals surface area contributed by atoms with Gasteiger partial charge in [-0.05, 0) is 55.5 Å². The topological polar surface area (TPSA) is 84.5 Å². The highest BCUT2D eigenvalue weighted by Gasteiger charge is 2.17. The van der Waals surface area contributed by atoms with Crippen molar-refractivity contribution in [1.29, 1.82) is 0 Å². The van der Waals surface area contributed by atoms with E-state index >= 15 is 0 Å². The number of amides is 3. The van der Waals surface area contributed by atoms with Gasteiger partial charge in [0.2, 0.25) is 0 Å². The molecule has 0 fully saturated rings. The third-order valence-corrected chi connectivity index (χ3v) is 3.62. The zero-order chi connectivity index (χ0) is 18.4. The molecule has 25 heavy (non-hydrogen) atoms. The molecule has 2 aromatic carbocycles. The summed E-state index contributed by atoms with van der Waals surface area (Å²) in [4.78, 5) is 35.2. The largest absolute Gasteiger partial charge is 0.481 e. The van der Waals surface area contributed by atoms with Gasteiger partial charge in [0.1, 0.15) is 5.75 Å². The van der Waals surface area contributed by atoms with Crippen LogP contribution >= 0.6 is 11.6 Å². The molecule has 3 amide bonds. The van der Waals surface area contributed by atoms with Crippen LogP contribution in [0.2, 0.25) is 5.02 Å². The minimum atomic E-state index is -0.866. The average Bonchev–Trinajstić information content (AvgIpc) is 2.62. The number of ether oxygens (including phenoxy) is 1. The molecule has 0 heterocycles. The van der Waals surface area contributed by atoms with Gasteiger partial charge in [-0.2, -0.15) is 0 Å². The maximum Gasteiger partial charge on any atom is 0.321 e. The second-order valence-electron chi connectivity index (χ2n) is 5.19. The van der Waals surface area contributed by atoms with E-state index in [-0.39, 0.29) is 5.78 Å². The predicted octanol–water partition coefficient (Wildman–Crippen LogP) is 2.79. The summed E-state index contributed by atoms with van der Waals surface area (Å²) in [5, 5.41) is 4.97. The molecule has 7 heteroatoms. The van der Waals surface area contributed by atoms with Gasteiger partial charge in [0.25, 0.3) is 5.91 Å². The van der Waals surface area contributed by atoms with Crippen LogP contribution in [0.3, 0.4) is 0 Å². The van der Waals surface area contributed by atoms with Crippen molar-refractivity contribution in [2.45, 2.75) is 13.0 Å². The highest BCUT2D eigenvalue weighted by molar-refractivity contribution is 6.30. The van der Waals surface area contributed by atoms with Crippen molar-refractivity contribution in [2.75, 3.05) is 7.05 Å². The number of hydrogen-bond acceptors (Lipinski definition) is 4. The summed E-state index contributed by atoms with van der Waals surface area (Å²) in [6.45, 7) is 1.52. The van der Waals surface area contributed by atoms with Crippen molar-refractivity contribution in [3.63, 3.8) is 0 Å². The molecule has 130 valence electrons. The summed E-state index contributed by atoms with van der Waals surface area (Å²) in [5.41, 5.74) is 1.01. The molecule has 2 N–H and O–H groups in total. The highest BCUT2D eigenvalue weighted by Crippen LogP contribution is 2.18. The normalized spacial score (nSPS) is 11.3. The van der Waals surface area contributed by atoms with Gasteiger partial charge in [-0.15, -0.1) is 0 Å². The maximum absolute atomic E-state index is 12.4. The van der Waals surface area contributed by atoms with E-state index in [4.69, 9.17) is 16.3 Å². The Hall–Kier alpha value is -2.86. The lowest BCUT2D eigenvalue weighted by molar-refractivity contribution is -0.126. The van der Waals surface area contributed by atoms with Crippen LogP contribution in [-0.2, 0) is 4.79 Å². The van der Waals surface area contributed by atoms with Crippen molar-refractivity contribution in [2.24, 2.45) is 0 Å². The molecular weight excluding hydrogens is 344 g/mol. The molecular formula is C18H17ClN2O4. The van der Waals surface area contributed by atoms with Crippen molar-refractivity contribution in [1.82, 2.24) is 10.6 Å². The second-order valence-corrected chi connectivity index (χ2v) is 5.63. The fourth-order valence-electron chi connectivity index (χ4n) is 1.99. The number of ketones is 1. The lowest BCUT2D eigenvalue weighted by Crippen LogP contribution is -2.43. The molecule has 0 aliphatic carbocycles. The van der Waals surface area contributed by atoms with Gasteiger partial charge in [0, 0.05) is 23.2 Å². The van der Waals surface area contributed by atoms with Gasteiger partial charge in [-0.3, -0.25) is 14.9 Å². The van der Waals surface area contributed by atoms with Crippen LogP contribution < -0.4 is 15.4 Å². The number of halogens is 1. The number of hydrogen-bond donors (Lipinski definition) is 2. The zero-order valence-corrected chi connectivity index (χ0v) is 14.5. The summed E-state index contributed by atoms with van der Waals surface area (Å²) < 4.78 is 5.46. The van der Waals surface area contributed by atoms with E-state index in [1.807, 2.05) is 0 Å². The van der Waals surface area contributed by atoms with Gasteiger partial charge < -0.3 is 10.1 Å². The summed E-state index contributed by atoms with van der Waals surface area (Å²) >= 11 is 5.81. The Labute approximate surface area is 150 Å². The first kappa shape index (κ1) is 18.5. The molecule has 0 unspecified atom stereocenters. The molecule has 0 saturated carbocycles. The fraction of sp³-hybridized carbons (Fsp3) is 0.167. The van der Waals surface area contributed by atoms with E-state index in [0.717, 1.165) is 0 Å². The quantitative estimate of drug-likeness (QED) is 0.803. The lowest BCUT2D eigenvalue weighted by atomic mass is 10.0. The Kier molecular flexibility index (Phi) is 6.14. The van der Waals surface area contributed by atoms with E-state index in [9.17, 15) is 14.4 Å². The van der Waals surface area contributed by atoms with Crippen molar-refractivity contribution in [3.05, 3.63) is 64.7 Å². The van der Waals surface area contributed by atoms with Crippen LogP contribution in [0.25, 0.3) is 0 Å². The van der Waals surface area contributed by atoms with Gasteiger partial charge in [-0.1, -0.05) is 11.6 Å². The number of urea groups is 1. The van der Waals surface area contributed by atoms with Gasteiger partial charge in [0.15, 0.2) is 11.9 Å². The standard InChI is InChI=1S/C18H17ClN2O4/c1-11(17(23)21-18(24)20-2)25-15-9-5-13(6-10-15)16(22)12-3-7-14(19)8-4-12/h3-11H,1-2H3,(H2,20,21,23,24)/t11-/m1/s1. The number of carbonyl (C=O) groups is 3. The van der Waals surface area contributed by atoms with Gasteiger partial charge in [-0.25, -0.2) is 4.79 Å². The average molecular weight is 361 g/mol. The monoisotopic (exact) mass is 360 g/mol. The van der Waals surface area contributed by atoms with Crippen LogP contribution in [0.15, 0.2) is 48.5 Å². The van der Waals surface area contributed by atoms with E-state index in [0.29, 0.717) is 21.9 Å². The predicted molar refractivity (Wildman–Crippen MR) is 94.0 cm³/mol. The van der Waals surface area contributed by atoms with Crippen molar-refractivity contribution >= 4 is 29.3 Å². The Morgan fingerprint density at radius 2 is 1.48 bits per heavy atom. The molecule has 2 rings (SSSR count). The molecule has 6 nitrogen and oxygen atoms in total. The van der Waals surface area contributed by atoms with E-state index in [2.05, 4.69) is 10.6 Å². The minimum Gasteiger partial charge on any atom is -0.481 e. The van der Waals surface area contributed by atoms with Gasteiger partial charge >= 0.3 is 6.03 Å². The first-order valence-electron chi connectivity index (χ1n) is 7.50. The van der Waals surface area contributed by atoms with Gasteiger partial charge in [0.05, 0.1) is 0 Å². The summed E-state index contributed by atoms with van der Waals surface area (Å²) in [6.07, 6.45) is -0.866. The number of carbonyl (C=O) groups excluding carboxylic acids is 3. The van der Waals surface area contributed by atoms with E-state index in [1.54, 1.807) is 48.5 Å². The smallest absolute Gasteiger partial charge is 0.321 e. The SMILES string of the molecule is CNC(=O)NC(=O)[C@@H](C)Oc1ccc(C(=O)c2ccc(Cl)cc2)cc1. The van der Waals surface area contributed by atoms with Crippen molar-refractivity contribution < 1.29 is 19.1 Å². The Morgan fingerprint density at radius 1 is 0.960 bits per heavy atom. The minimum absolute atomic E-state index is 0.145. The molecule has 0 radical (unpaired) electrons. The van der Waals surface area contributed by atoms with Crippen LogP contribution in [0.1, 0.15) is 22.8 Å². The summed E-state index contributed by atoms with van der Waals surface area (Å²) in [5.74, 6) is -0.304. The first-order valence-corrected chi connectivity index (χ1v) is 7.88. The lowest BCUT2D eigenvalue weighted by Gasteiger charge is -2.14. The summed E-state index contributed by atoms with van der Waals surface area (Å²) in [7, 11) is 1.41. The van der Waals surface area contributed by atoms with E-state index in [1.165, 1.54) is 14.0 Å². The van der Waals surface area contributed by atoms with Crippen LogP contribution in [0, 0.1) is 0 Å². The molecule has 0 aromatic heterocycles. The second kappa shape index (κ2) is 8.30. The number of benzene rings is 2. The zero-order valence-electron chi connectivity index (χ0n) is 13.7. The Balaban J connectivity index is 2.02. The summed E-state index contributed by atoms with van der Waals surface area (Å²) in [6, 6.07) is 12.4. The first-order chi connectivity index (χ1) is 11.9. The Morgan fingerprint density at radius 3 is 2.00 bits per heavy atom. The molecule has 0 aliphatic rings. The van der Waals surface area contributed by atoms with Crippen LogP contribution in [-0.4, -0.2) is 30.9 Å². The third-order valence-electron chi connectivity index (χ3n) is 3.37. The molecule has 0 spiro atoms. The fourth-order valence-corrected chi connectivity index (χ4v) is 2.11. The highest BCUT2D eigenvalue weighted by atomic mass is 35.5. The molecule has 2 aromatic rings. The number of imide groups is 1.